The van der Waals surface area contributed by atoms with Gasteiger partial charge in [-0.25, -0.2) is 4.98 Å². The van der Waals surface area contributed by atoms with Crippen LogP contribution in [0.25, 0.3) is 0 Å². The first-order valence-corrected chi connectivity index (χ1v) is 5.76. The molecule has 0 aliphatic carbocycles. The normalized spacial score (nSPS) is 16.8. The van der Waals surface area contributed by atoms with E-state index in [0.29, 0.717) is 13.2 Å². The van der Waals surface area contributed by atoms with Gasteiger partial charge >= 0.3 is 6.18 Å². The van der Waals surface area contributed by atoms with Crippen LogP contribution in [0.4, 0.5) is 13.2 Å². The molecule has 1 aromatic heterocycles. The largest absolute Gasteiger partial charge is 0.433 e. The van der Waals surface area contributed by atoms with E-state index in [9.17, 15) is 18.0 Å². The number of aromatic nitrogens is 1. The summed E-state index contributed by atoms with van der Waals surface area (Å²) in [6, 6.07) is 1.73. The minimum absolute atomic E-state index is 0.0752. The smallest absolute Gasteiger partial charge is 0.350 e. The molecule has 0 saturated carbocycles. The van der Waals surface area contributed by atoms with Crippen LogP contribution >= 0.6 is 11.6 Å². The van der Waals surface area contributed by atoms with Crippen LogP contribution in [0, 0.1) is 0 Å². The first-order chi connectivity index (χ1) is 8.88. The lowest BCUT2D eigenvalue weighted by Crippen LogP contribution is -2.16. The fraction of sp³-hybridized carbons (Fsp3) is 0.455. The van der Waals surface area contributed by atoms with E-state index in [-0.39, 0.29) is 12.0 Å². The number of hydrogen-bond donors (Lipinski definition) is 0. The molecular formula is C11H9ClF3NO3. The molecule has 2 rings (SSSR count). The van der Waals surface area contributed by atoms with E-state index in [2.05, 4.69) is 4.98 Å². The van der Waals surface area contributed by atoms with Crippen molar-refractivity contribution in [3.05, 3.63) is 28.5 Å². The fourth-order valence-corrected chi connectivity index (χ4v) is 1.85. The topological polar surface area (TPSA) is 48.4 Å². The molecule has 1 fully saturated rings. The van der Waals surface area contributed by atoms with Crippen molar-refractivity contribution < 1.29 is 27.4 Å². The lowest BCUT2D eigenvalue weighted by molar-refractivity contribution is -0.141. The second-order valence-corrected chi connectivity index (χ2v) is 4.19. The Labute approximate surface area is 111 Å². The van der Waals surface area contributed by atoms with Crippen LogP contribution in [0.5, 0.6) is 0 Å². The molecule has 19 heavy (non-hydrogen) atoms. The summed E-state index contributed by atoms with van der Waals surface area (Å²) < 4.78 is 47.3. The summed E-state index contributed by atoms with van der Waals surface area (Å²) in [7, 11) is 0. The Hall–Kier alpha value is -1.18. The molecule has 1 saturated heterocycles. The molecule has 1 aliphatic heterocycles. The van der Waals surface area contributed by atoms with Crippen molar-refractivity contribution in [1.82, 2.24) is 4.98 Å². The zero-order valence-corrected chi connectivity index (χ0v) is 10.3. The molecule has 1 aromatic rings. The third-order valence-electron chi connectivity index (χ3n) is 2.48. The minimum atomic E-state index is -4.59. The zero-order chi connectivity index (χ0) is 14.0. The molecule has 8 heteroatoms. The number of carbonyl (C=O) groups excluding carboxylic acids is 1. The number of rotatable bonds is 3. The Bertz CT molecular complexity index is 487. The van der Waals surface area contributed by atoms with Gasteiger partial charge in [-0.2, -0.15) is 13.2 Å². The molecule has 0 N–H and O–H groups in total. The summed E-state index contributed by atoms with van der Waals surface area (Å²) in [5.41, 5.74) is -1.21. The van der Waals surface area contributed by atoms with Gasteiger partial charge in [-0.3, -0.25) is 4.79 Å². The Morgan fingerprint density at radius 1 is 1.37 bits per heavy atom. The van der Waals surface area contributed by atoms with Crippen molar-refractivity contribution in [2.75, 3.05) is 13.2 Å². The van der Waals surface area contributed by atoms with Crippen molar-refractivity contribution >= 4 is 17.4 Å². The van der Waals surface area contributed by atoms with Crippen LogP contribution in [0.1, 0.15) is 22.5 Å². The van der Waals surface area contributed by atoms with Gasteiger partial charge in [-0.1, -0.05) is 11.6 Å². The van der Waals surface area contributed by atoms with Crippen molar-refractivity contribution in [2.45, 2.75) is 18.9 Å². The molecule has 0 atom stereocenters. The average molecular weight is 296 g/mol. The number of Topliss-reactive ketones (excluding diaryl/α,β-unsaturated/α-hetero) is 1. The Morgan fingerprint density at radius 2 is 2.00 bits per heavy atom. The van der Waals surface area contributed by atoms with Gasteiger partial charge in [0.15, 0.2) is 12.1 Å². The van der Waals surface area contributed by atoms with Gasteiger partial charge in [-0.05, 0) is 12.1 Å². The summed E-state index contributed by atoms with van der Waals surface area (Å²) >= 11 is 5.60. The highest BCUT2D eigenvalue weighted by Crippen LogP contribution is 2.29. The van der Waals surface area contributed by atoms with E-state index in [0.717, 1.165) is 12.1 Å². The molecule has 0 unspecified atom stereocenters. The highest BCUT2D eigenvalue weighted by atomic mass is 35.5. The van der Waals surface area contributed by atoms with Crippen LogP contribution in [0.15, 0.2) is 12.1 Å². The standard InChI is InChI=1S/C11H9ClF3NO3/c12-10-6(1-2-8(16-10)11(13,14)15)7(17)5-9-18-3-4-19-9/h1-2,9H,3-5H2. The number of nitrogens with zero attached hydrogens (tertiary/aromatic N) is 1. The van der Waals surface area contributed by atoms with E-state index < -0.39 is 29.1 Å². The number of halogens is 4. The van der Waals surface area contributed by atoms with Crippen LogP contribution in [-0.2, 0) is 15.7 Å². The first-order valence-electron chi connectivity index (χ1n) is 5.38. The van der Waals surface area contributed by atoms with Gasteiger partial charge in [0, 0.05) is 0 Å². The maximum Gasteiger partial charge on any atom is 0.433 e. The van der Waals surface area contributed by atoms with Crippen molar-refractivity contribution in [3.8, 4) is 0 Å². The molecule has 2 heterocycles. The second kappa shape index (κ2) is 5.44. The number of ketones is 1. The zero-order valence-electron chi connectivity index (χ0n) is 9.54. The van der Waals surface area contributed by atoms with Crippen molar-refractivity contribution in [1.29, 1.82) is 0 Å². The van der Waals surface area contributed by atoms with E-state index in [1.165, 1.54) is 0 Å². The van der Waals surface area contributed by atoms with E-state index >= 15 is 0 Å². The van der Waals surface area contributed by atoms with Crippen LogP contribution < -0.4 is 0 Å². The lowest BCUT2D eigenvalue weighted by atomic mass is 10.1. The second-order valence-electron chi connectivity index (χ2n) is 3.83. The number of ether oxygens (including phenoxy) is 2. The molecule has 1 aliphatic rings. The van der Waals surface area contributed by atoms with Crippen LogP contribution in [0.2, 0.25) is 5.15 Å². The maximum absolute atomic E-state index is 12.4. The molecular weight excluding hydrogens is 287 g/mol. The lowest BCUT2D eigenvalue weighted by Gasteiger charge is -2.10. The number of alkyl halides is 3. The average Bonchev–Trinajstić information content (AvgIpc) is 2.80. The summed E-state index contributed by atoms with van der Waals surface area (Å²) in [6.07, 6.45) is -5.37. The predicted molar refractivity (Wildman–Crippen MR) is 58.9 cm³/mol. The summed E-state index contributed by atoms with van der Waals surface area (Å²) in [5, 5.41) is -0.474. The molecule has 4 nitrogen and oxygen atoms in total. The molecule has 0 radical (unpaired) electrons. The SMILES string of the molecule is O=C(CC1OCCO1)c1ccc(C(F)(F)F)nc1Cl. The molecule has 0 amide bonds. The summed E-state index contributed by atoms with van der Waals surface area (Å²) in [4.78, 5) is 15.0. The van der Waals surface area contributed by atoms with Gasteiger partial charge in [0.2, 0.25) is 0 Å². The third kappa shape index (κ3) is 3.43. The third-order valence-corrected chi connectivity index (χ3v) is 2.77. The quantitative estimate of drug-likeness (QED) is 0.635. The fourth-order valence-electron chi connectivity index (χ4n) is 1.59. The Balaban J connectivity index is 2.14. The Morgan fingerprint density at radius 3 is 2.53 bits per heavy atom. The predicted octanol–water partition coefficient (Wildman–Crippen LogP) is 2.70. The highest BCUT2D eigenvalue weighted by molar-refractivity contribution is 6.32. The first kappa shape index (κ1) is 14.2. The van der Waals surface area contributed by atoms with Gasteiger partial charge < -0.3 is 9.47 Å². The van der Waals surface area contributed by atoms with E-state index in [4.69, 9.17) is 21.1 Å². The number of carbonyl (C=O) groups is 1. The number of pyridine rings is 1. The van der Waals surface area contributed by atoms with Crippen molar-refractivity contribution in [2.24, 2.45) is 0 Å². The molecule has 0 bridgehead atoms. The maximum atomic E-state index is 12.4. The van der Waals surface area contributed by atoms with E-state index in [1.807, 2.05) is 0 Å². The molecule has 104 valence electrons. The monoisotopic (exact) mass is 295 g/mol. The van der Waals surface area contributed by atoms with Gasteiger partial charge in [0.25, 0.3) is 0 Å². The van der Waals surface area contributed by atoms with E-state index in [1.54, 1.807) is 0 Å². The minimum Gasteiger partial charge on any atom is -0.350 e. The van der Waals surface area contributed by atoms with Gasteiger partial charge in [0.1, 0.15) is 10.8 Å². The number of hydrogen-bond acceptors (Lipinski definition) is 4. The van der Waals surface area contributed by atoms with Gasteiger partial charge in [-0.15, -0.1) is 0 Å². The van der Waals surface area contributed by atoms with Crippen LogP contribution in [0.3, 0.4) is 0 Å². The molecule has 0 spiro atoms. The van der Waals surface area contributed by atoms with Gasteiger partial charge in [0.05, 0.1) is 25.2 Å². The summed E-state index contributed by atoms with van der Waals surface area (Å²) in [6.45, 7) is 0.772. The Kier molecular flexibility index (Phi) is 4.07. The molecule has 0 aromatic carbocycles. The summed E-state index contributed by atoms with van der Waals surface area (Å²) in [5.74, 6) is -0.474. The van der Waals surface area contributed by atoms with Crippen molar-refractivity contribution in [3.63, 3.8) is 0 Å². The highest BCUT2D eigenvalue weighted by Gasteiger charge is 2.33. The van der Waals surface area contributed by atoms with Crippen LogP contribution in [-0.4, -0.2) is 30.3 Å².